The van der Waals surface area contributed by atoms with E-state index in [2.05, 4.69) is 10.0 Å². The van der Waals surface area contributed by atoms with E-state index in [1.54, 1.807) is 0 Å². The van der Waals surface area contributed by atoms with Gasteiger partial charge in [0, 0.05) is 6.54 Å². The van der Waals surface area contributed by atoms with Crippen molar-refractivity contribution < 1.29 is 13.2 Å². The van der Waals surface area contributed by atoms with Gasteiger partial charge in [0.25, 0.3) is 0 Å². The number of nitrogens with one attached hydrogen (secondary N) is 2. The van der Waals surface area contributed by atoms with Gasteiger partial charge in [-0.3, -0.25) is 4.79 Å². The second-order valence-corrected chi connectivity index (χ2v) is 5.17. The Bertz CT molecular complexity index is 290. The summed E-state index contributed by atoms with van der Waals surface area (Å²) in [5.74, 6) is -0.278. The number of amides is 1. The van der Waals surface area contributed by atoms with Crippen LogP contribution in [0.2, 0.25) is 0 Å². The van der Waals surface area contributed by atoms with Gasteiger partial charge in [-0.2, -0.15) is 0 Å². The number of hydrogen-bond donors (Lipinski definition) is 2. The third-order valence-corrected chi connectivity index (χ3v) is 3.54. The lowest BCUT2D eigenvalue weighted by Gasteiger charge is -2.21. The molecule has 1 unspecified atom stereocenters. The number of rotatable bonds is 3. The standard InChI is InChI=1S/C6H11ClN2O3S/c7-4-13(11,12)9-5-2-1-3-8-6(5)10/h5,9H,1-4H2,(H,8,10). The fraction of sp³-hybridized carbons (Fsp3) is 0.833. The Morgan fingerprint density at radius 3 is 2.85 bits per heavy atom. The van der Waals surface area contributed by atoms with Gasteiger partial charge in [0.1, 0.15) is 11.3 Å². The molecule has 0 aromatic rings. The Morgan fingerprint density at radius 1 is 1.62 bits per heavy atom. The van der Waals surface area contributed by atoms with E-state index in [9.17, 15) is 13.2 Å². The maximum atomic E-state index is 11.1. The summed E-state index contributed by atoms with van der Waals surface area (Å²) in [6.07, 6.45) is 1.31. The maximum absolute atomic E-state index is 11.1. The van der Waals surface area contributed by atoms with Gasteiger partial charge in [-0.1, -0.05) is 0 Å². The van der Waals surface area contributed by atoms with Crippen LogP contribution in [-0.4, -0.2) is 32.1 Å². The third kappa shape index (κ3) is 3.13. The summed E-state index contributed by atoms with van der Waals surface area (Å²) in [6, 6.07) is -0.655. The van der Waals surface area contributed by atoms with Crippen LogP contribution in [0.3, 0.4) is 0 Å². The highest BCUT2D eigenvalue weighted by atomic mass is 35.5. The highest BCUT2D eigenvalue weighted by Crippen LogP contribution is 2.04. The lowest BCUT2D eigenvalue weighted by Crippen LogP contribution is -2.50. The highest BCUT2D eigenvalue weighted by molar-refractivity contribution is 7.90. The van der Waals surface area contributed by atoms with Crippen LogP contribution < -0.4 is 10.0 Å². The van der Waals surface area contributed by atoms with Gasteiger partial charge < -0.3 is 5.32 Å². The van der Waals surface area contributed by atoms with E-state index < -0.39 is 21.3 Å². The van der Waals surface area contributed by atoms with Crippen molar-refractivity contribution in [3.05, 3.63) is 0 Å². The van der Waals surface area contributed by atoms with Gasteiger partial charge in [0.2, 0.25) is 15.9 Å². The van der Waals surface area contributed by atoms with Crippen LogP contribution in [0, 0.1) is 0 Å². The van der Waals surface area contributed by atoms with Crippen molar-refractivity contribution >= 4 is 27.5 Å². The Balaban J connectivity index is 2.57. The normalized spacial score (nSPS) is 24.1. The maximum Gasteiger partial charge on any atom is 0.238 e. The summed E-state index contributed by atoms with van der Waals surface area (Å²) in [7, 11) is -3.50. The molecule has 1 heterocycles. The predicted molar refractivity (Wildman–Crippen MR) is 48.8 cm³/mol. The molecule has 0 bridgehead atoms. The van der Waals surface area contributed by atoms with Crippen LogP contribution in [0.1, 0.15) is 12.8 Å². The van der Waals surface area contributed by atoms with Crippen molar-refractivity contribution in [2.24, 2.45) is 0 Å². The first-order chi connectivity index (χ1) is 6.05. The van der Waals surface area contributed by atoms with Crippen molar-refractivity contribution in [2.45, 2.75) is 18.9 Å². The smallest absolute Gasteiger partial charge is 0.238 e. The molecule has 1 saturated heterocycles. The molecule has 7 heteroatoms. The largest absolute Gasteiger partial charge is 0.355 e. The highest BCUT2D eigenvalue weighted by Gasteiger charge is 2.25. The molecule has 0 saturated carbocycles. The number of alkyl halides is 1. The van der Waals surface area contributed by atoms with Crippen LogP contribution in [0.15, 0.2) is 0 Å². The van der Waals surface area contributed by atoms with Gasteiger partial charge in [-0.05, 0) is 12.8 Å². The van der Waals surface area contributed by atoms with Gasteiger partial charge >= 0.3 is 0 Å². The molecule has 1 fully saturated rings. The van der Waals surface area contributed by atoms with Crippen LogP contribution in [0.4, 0.5) is 0 Å². The molecule has 0 aromatic carbocycles. The molecular weight excluding hydrogens is 216 g/mol. The number of sulfonamides is 1. The van der Waals surface area contributed by atoms with Crippen molar-refractivity contribution in [3.63, 3.8) is 0 Å². The molecule has 5 nitrogen and oxygen atoms in total. The quantitative estimate of drug-likeness (QED) is 0.630. The number of carbonyl (C=O) groups is 1. The second-order valence-electron chi connectivity index (χ2n) is 2.83. The molecule has 2 N–H and O–H groups in total. The second kappa shape index (κ2) is 4.26. The summed E-state index contributed by atoms with van der Waals surface area (Å²) in [6.45, 7) is 0.609. The zero-order chi connectivity index (χ0) is 9.90. The molecule has 1 aliphatic heterocycles. The molecule has 0 aliphatic carbocycles. The summed E-state index contributed by atoms with van der Waals surface area (Å²) in [5, 5.41) is 2.05. The first-order valence-electron chi connectivity index (χ1n) is 3.89. The number of halogens is 1. The van der Waals surface area contributed by atoms with Crippen molar-refractivity contribution in [1.82, 2.24) is 10.0 Å². The fourth-order valence-electron chi connectivity index (χ4n) is 1.13. The zero-order valence-corrected chi connectivity index (χ0v) is 8.49. The van der Waals surface area contributed by atoms with Crippen LogP contribution >= 0.6 is 11.6 Å². The molecule has 1 amide bonds. The SMILES string of the molecule is O=C1NCCCC1NS(=O)(=O)CCl. The zero-order valence-electron chi connectivity index (χ0n) is 6.92. The van der Waals surface area contributed by atoms with Crippen molar-refractivity contribution in [1.29, 1.82) is 0 Å². The van der Waals surface area contributed by atoms with Crippen molar-refractivity contribution in [3.8, 4) is 0 Å². The Kier molecular flexibility index (Phi) is 3.52. The van der Waals surface area contributed by atoms with E-state index in [0.29, 0.717) is 13.0 Å². The molecule has 76 valence electrons. The molecule has 0 aromatic heterocycles. The van der Waals surface area contributed by atoms with Crippen molar-refractivity contribution in [2.75, 3.05) is 11.8 Å². The van der Waals surface area contributed by atoms with Gasteiger partial charge in [-0.25, -0.2) is 13.1 Å². The molecule has 1 aliphatic rings. The minimum absolute atomic E-state index is 0.278. The molecule has 13 heavy (non-hydrogen) atoms. The summed E-state index contributed by atoms with van der Waals surface area (Å²) >= 11 is 5.18. The summed E-state index contributed by atoms with van der Waals surface area (Å²) in [5.41, 5.74) is 0. The minimum Gasteiger partial charge on any atom is -0.355 e. The molecule has 1 atom stereocenters. The van der Waals surface area contributed by atoms with E-state index >= 15 is 0 Å². The molecule has 0 radical (unpaired) electrons. The average Bonchev–Trinajstić information content (AvgIpc) is 2.09. The van der Waals surface area contributed by atoms with E-state index in [1.807, 2.05) is 0 Å². The number of carbonyl (C=O) groups excluding carboxylic acids is 1. The Morgan fingerprint density at radius 2 is 2.31 bits per heavy atom. The molecule has 1 rings (SSSR count). The molecular formula is C6H11ClN2O3S. The fourth-order valence-corrected chi connectivity index (χ4v) is 2.04. The Hall–Kier alpha value is -0.330. The van der Waals surface area contributed by atoms with Gasteiger partial charge in [-0.15, -0.1) is 11.6 Å². The van der Waals surface area contributed by atoms with Gasteiger partial charge in [0.05, 0.1) is 0 Å². The predicted octanol–water partition coefficient (Wildman–Crippen LogP) is -0.619. The monoisotopic (exact) mass is 226 g/mol. The van der Waals surface area contributed by atoms with E-state index in [1.165, 1.54) is 0 Å². The topological polar surface area (TPSA) is 75.3 Å². The van der Waals surface area contributed by atoms with Crippen LogP contribution in [0.25, 0.3) is 0 Å². The van der Waals surface area contributed by atoms with Gasteiger partial charge in [0.15, 0.2) is 0 Å². The van der Waals surface area contributed by atoms with E-state index in [4.69, 9.17) is 11.6 Å². The lowest BCUT2D eigenvalue weighted by atomic mass is 10.1. The minimum atomic E-state index is -3.50. The summed E-state index contributed by atoms with van der Waals surface area (Å²) < 4.78 is 24.2. The third-order valence-electron chi connectivity index (χ3n) is 1.75. The number of piperidine rings is 1. The average molecular weight is 227 g/mol. The summed E-state index contributed by atoms with van der Waals surface area (Å²) in [4.78, 5) is 11.1. The van der Waals surface area contributed by atoms with E-state index in [0.717, 1.165) is 6.42 Å². The Labute approximate surface area is 81.9 Å². The van der Waals surface area contributed by atoms with Crippen LogP contribution in [-0.2, 0) is 14.8 Å². The lowest BCUT2D eigenvalue weighted by molar-refractivity contribution is -0.124. The first kappa shape index (κ1) is 10.7. The van der Waals surface area contributed by atoms with E-state index in [-0.39, 0.29) is 5.91 Å². The first-order valence-corrected chi connectivity index (χ1v) is 6.07. The number of hydrogen-bond acceptors (Lipinski definition) is 3. The molecule has 0 spiro atoms. The van der Waals surface area contributed by atoms with Crippen LogP contribution in [0.5, 0.6) is 0 Å².